The summed E-state index contributed by atoms with van der Waals surface area (Å²) in [5.74, 6) is 0.961. The molecule has 2 aromatic rings. The van der Waals surface area contributed by atoms with Crippen molar-refractivity contribution in [3.63, 3.8) is 0 Å². The summed E-state index contributed by atoms with van der Waals surface area (Å²) >= 11 is 0. The number of aryl methyl sites for hydroxylation is 1. The summed E-state index contributed by atoms with van der Waals surface area (Å²) in [4.78, 5) is 6.62. The van der Waals surface area contributed by atoms with Gasteiger partial charge >= 0.3 is 0 Å². The molecule has 0 bridgehead atoms. The number of hydrogen-bond donors (Lipinski definition) is 1. The van der Waals surface area contributed by atoms with Crippen molar-refractivity contribution < 1.29 is 0 Å². The van der Waals surface area contributed by atoms with E-state index >= 15 is 0 Å². The Labute approximate surface area is 120 Å². The Hall–Kier alpha value is -1.88. The predicted octanol–water partition coefficient (Wildman–Crippen LogP) is 1.73. The quantitative estimate of drug-likeness (QED) is 0.871. The Morgan fingerprint density at radius 3 is 2.65 bits per heavy atom. The van der Waals surface area contributed by atoms with Crippen molar-refractivity contribution in [2.75, 3.05) is 11.9 Å². The highest BCUT2D eigenvalue weighted by atomic mass is 15.2. The van der Waals surface area contributed by atoms with Crippen LogP contribution in [0.15, 0.2) is 30.7 Å². The van der Waals surface area contributed by atoms with Gasteiger partial charge in [0.05, 0.1) is 6.20 Å². The van der Waals surface area contributed by atoms with Gasteiger partial charge in [0, 0.05) is 44.6 Å². The van der Waals surface area contributed by atoms with E-state index in [4.69, 9.17) is 5.73 Å². The molecule has 0 saturated heterocycles. The van der Waals surface area contributed by atoms with Crippen molar-refractivity contribution in [2.24, 2.45) is 12.8 Å². The van der Waals surface area contributed by atoms with Crippen LogP contribution in [-0.2, 0) is 20.0 Å². The molecule has 5 heteroatoms. The maximum absolute atomic E-state index is 5.96. The molecule has 1 atom stereocenters. The number of aromatic nitrogens is 3. The minimum atomic E-state index is 0.218. The smallest absolute Gasteiger partial charge is 0.128 e. The van der Waals surface area contributed by atoms with Crippen LogP contribution in [0.1, 0.15) is 24.5 Å². The highest BCUT2D eigenvalue weighted by Crippen LogP contribution is 2.13. The zero-order valence-electron chi connectivity index (χ0n) is 12.5. The Balaban J connectivity index is 1.98. The summed E-state index contributed by atoms with van der Waals surface area (Å²) in [5.41, 5.74) is 8.33. The summed E-state index contributed by atoms with van der Waals surface area (Å²) in [7, 11) is 3.96. The molecule has 1 unspecified atom stereocenters. The largest absolute Gasteiger partial charge is 0.355 e. The van der Waals surface area contributed by atoms with E-state index in [1.165, 1.54) is 11.1 Å². The van der Waals surface area contributed by atoms with Crippen LogP contribution < -0.4 is 10.6 Å². The number of hydrogen-bond acceptors (Lipinski definition) is 4. The molecule has 0 amide bonds. The maximum atomic E-state index is 5.96. The van der Waals surface area contributed by atoms with E-state index in [0.717, 1.165) is 25.2 Å². The molecule has 2 heterocycles. The van der Waals surface area contributed by atoms with Gasteiger partial charge in [0.15, 0.2) is 0 Å². The lowest BCUT2D eigenvalue weighted by atomic mass is 10.1. The molecule has 2 rings (SSSR count). The Bertz CT molecular complexity index is 531. The number of nitrogens with two attached hydrogens (primary N) is 1. The van der Waals surface area contributed by atoms with E-state index < -0.39 is 0 Å². The summed E-state index contributed by atoms with van der Waals surface area (Å²) in [5, 5.41) is 4.18. The van der Waals surface area contributed by atoms with Gasteiger partial charge in [-0.2, -0.15) is 5.10 Å². The van der Waals surface area contributed by atoms with Crippen molar-refractivity contribution in [1.82, 2.24) is 14.8 Å². The van der Waals surface area contributed by atoms with Gasteiger partial charge < -0.3 is 10.6 Å². The van der Waals surface area contributed by atoms with Crippen LogP contribution >= 0.6 is 0 Å². The second-order valence-corrected chi connectivity index (χ2v) is 5.28. The Morgan fingerprint density at radius 2 is 2.10 bits per heavy atom. The molecule has 2 N–H and O–H groups in total. The third-order valence-corrected chi connectivity index (χ3v) is 3.40. The Morgan fingerprint density at radius 1 is 1.30 bits per heavy atom. The van der Waals surface area contributed by atoms with Crippen LogP contribution in [0.5, 0.6) is 0 Å². The highest BCUT2D eigenvalue weighted by Gasteiger charge is 2.06. The third-order valence-electron chi connectivity index (χ3n) is 3.40. The fourth-order valence-electron chi connectivity index (χ4n) is 2.12. The van der Waals surface area contributed by atoms with Gasteiger partial charge in [-0.3, -0.25) is 4.68 Å². The molecule has 0 aliphatic rings. The normalized spacial score (nSPS) is 12.4. The lowest BCUT2D eigenvalue weighted by molar-refractivity contribution is 0.645. The van der Waals surface area contributed by atoms with Crippen molar-refractivity contribution in [1.29, 1.82) is 0 Å². The second-order valence-electron chi connectivity index (χ2n) is 5.28. The van der Waals surface area contributed by atoms with Gasteiger partial charge in [0.1, 0.15) is 5.82 Å². The van der Waals surface area contributed by atoms with Crippen LogP contribution in [0.3, 0.4) is 0 Å². The van der Waals surface area contributed by atoms with Crippen molar-refractivity contribution in [3.8, 4) is 0 Å². The standard InChI is InChI=1S/C15H23N5/c1-4-14(16)7-12-5-6-15(17-8-12)19(2)10-13-9-18-20(3)11-13/h5-6,8-9,11,14H,4,7,10,16H2,1-3H3. The molecular weight excluding hydrogens is 250 g/mol. The van der Waals surface area contributed by atoms with E-state index in [9.17, 15) is 0 Å². The molecule has 0 radical (unpaired) electrons. The minimum Gasteiger partial charge on any atom is -0.355 e. The van der Waals surface area contributed by atoms with E-state index in [1.807, 2.05) is 43.4 Å². The lowest BCUT2D eigenvalue weighted by Gasteiger charge is -2.17. The second kappa shape index (κ2) is 6.52. The van der Waals surface area contributed by atoms with Gasteiger partial charge in [0.2, 0.25) is 0 Å². The van der Waals surface area contributed by atoms with Crippen LogP contribution in [-0.4, -0.2) is 27.9 Å². The molecule has 0 aromatic carbocycles. The fourth-order valence-corrected chi connectivity index (χ4v) is 2.12. The van der Waals surface area contributed by atoms with E-state index in [-0.39, 0.29) is 6.04 Å². The van der Waals surface area contributed by atoms with Crippen molar-refractivity contribution in [2.45, 2.75) is 32.4 Å². The number of nitrogens with zero attached hydrogens (tertiary/aromatic N) is 4. The first-order valence-electron chi connectivity index (χ1n) is 6.97. The fraction of sp³-hybridized carbons (Fsp3) is 0.467. The number of pyridine rings is 1. The minimum absolute atomic E-state index is 0.218. The topological polar surface area (TPSA) is 60.0 Å². The molecule has 108 valence electrons. The number of rotatable bonds is 6. The van der Waals surface area contributed by atoms with Gasteiger partial charge in [-0.25, -0.2) is 4.98 Å². The third kappa shape index (κ3) is 3.81. The van der Waals surface area contributed by atoms with Crippen LogP contribution in [0.4, 0.5) is 5.82 Å². The molecule has 0 aliphatic carbocycles. The molecule has 20 heavy (non-hydrogen) atoms. The molecule has 0 spiro atoms. The summed E-state index contributed by atoms with van der Waals surface area (Å²) in [6, 6.07) is 4.38. The first kappa shape index (κ1) is 14.5. The van der Waals surface area contributed by atoms with Crippen LogP contribution in [0.25, 0.3) is 0 Å². The van der Waals surface area contributed by atoms with E-state index in [0.29, 0.717) is 0 Å². The summed E-state index contributed by atoms with van der Waals surface area (Å²) in [6.07, 6.45) is 7.69. The van der Waals surface area contributed by atoms with Gasteiger partial charge in [0.25, 0.3) is 0 Å². The monoisotopic (exact) mass is 273 g/mol. The lowest BCUT2D eigenvalue weighted by Crippen LogP contribution is -2.22. The molecule has 0 saturated carbocycles. The molecular formula is C15H23N5. The van der Waals surface area contributed by atoms with Crippen molar-refractivity contribution >= 4 is 5.82 Å². The Kier molecular flexibility index (Phi) is 4.74. The summed E-state index contributed by atoms with van der Waals surface area (Å²) in [6.45, 7) is 2.91. The van der Waals surface area contributed by atoms with Gasteiger partial charge in [-0.05, 0) is 24.5 Å². The maximum Gasteiger partial charge on any atom is 0.128 e. The SMILES string of the molecule is CCC(N)Cc1ccc(N(C)Cc2cnn(C)c2)nc1. The van der Waals surface area contributed by atoms with Crippen molar-refractivity contribution in [3.05, 3.63) is 41.9 Å². The van der Waals surface area contributed by atoms with Gasteiger partial charge in [-0.1, -0.05) is 13.0 Å². The first-order chi connectivity index (χ1) is 9.58. The van der Waals surface area contributed by atoms with E-state index in [1.54, 1.807) is 0 Å². The number of anilines is 1. The predicted molar refractivity (Wildman–Crippen MR) is 81.5 cm³/mol. The van der Waals surface area contributed by atoms with Crippen LogP contribution in [0, 0.1) is 0 Å². The highest BCUT2D eigenvalue weighted by molar-refractivity contribution is 5.39. The van der Waals surface area contributed by atoms with E-state index in [2.05, 4.69) is 28.0 Å². The molecule has 0 fully saturated rings. The molecule has 0 aliphatic heterocycles. The summed E-state index contributed by atoms with van der Waals surface area (Å²) < 4.78 is 1.81. The first-order valence-corrected chi connectivity index (χ1v) is 6.97. The molecule has 5 nitrogen and oxygen atoms in total. The average molecular weight is 273 g/mol. The zero-order chi connectivity index (χ0) is 14.5. The zero-order valence-corrected chi connectivity index (χ0v) is 12.5. The average Bonchev–Trinajstić information content (AvgIpc) is 2.84. The van der Waals surface area contributed by atoms with Crippen LogP contribution in [0.2, 0.25) is 0 Å². The van der Waals surface area contributed by atoms with Gasteiger partial charge in [-0.15, -0.1) is 0 Å². The molecule has 2 aromatic heterocycles.